The molecule has 0 saturated carbocycles. The van der Waals surface area contributed by atoms with Crippen LogP contribution < -0.4 is 4.18 Å². The fourth-order valence-electron chi connectivity index (χ4n) is 0.852. The van der Waals surface area contributed by atoms with E-state index in [9.17, 15) is 8.68 Å². The van der Waals surface area contributed by atoms with Crippen LogP contribution in [0.3, 0.4) is 0 Å². The lowest BCUT2D eigenvalue weighted by Crippen LogP contribution is -2.02. The highest BCUT2D eigenvalue weighted by molar-refractivity contribution is 7.89. The summed E-state index contributed by atoms with van der Waals surface area (Å²) in [7, 11) is 1.25. The Morgan fingerprint density at radius 3 is 2.77 bits per heavy atom. The fourth-order valence-corrected chi connectivity index (χ4v) is 1.07. The summed E-state index contributed by atoms with van der Waals surface area (Å²) >= 11 is -0.311. The number of hydrogen-bond acceptors (Lipinski definition) is 4. The smallest absolute Gasteiger partial charge is 0.341 e. The van der Waals surface area contributed by atoms with Crippen LogP contribution in [0.2, 0.25) is 0 Å². The Labute approximate surface area is 79.3 Å². The molecule has 0 spiro atoms. The number of hydrogen-bond donors (Lipinski definition) is 0. The van der Waals surface area contributed by atoms with E-state index in [0.29, 0.717) is 0 Å². The Balaban J connectivity index is 2.97. The van der Waals surface area contributed by atoms with Crippen LogP contribution in [-0.4, -0.2) is 13.1 Å². The van der Waals surface area contributed by atoms with Crippen molar-refractivity contribution in [1.29, 1.82) is 0 Å². The molecule has 0 radical (unpaired) electrons. The molecule has 0 aromatic heterocycles. The number of halogens is 1. The second kappa shape index (κ2) is 4.71. The number of para-hydroxylation sites is 1. The van der Waals surface area contributed by atoms with Gasteiger partial charge in [-0.05, 0) is 12.1 Å². The van der Waals surface area contributed by atoms with Crippen molar-refractivity contribution in [3.63, 3.8) is 0 Å². The predicted octanol–water partition coefficient (Wildman–Crippen LogP) is 2.38. The van der Waals surface area contributed by atoms with Gasteiger partial charge in [0.05, 0.1) is 7.11 Å². The summed E-state index contributed by atoms with van der Waals surface area (Å²) in [4.78, 5) is 11.1. The summed E-state index contributed by atoms with van der Waals surface area (Å²) in [5, 5.41) is 0. The Hall–Kier alpha value is -1.23. The molecule has 3 nitrogen and oxygen atoms in total. The zero-order valence-electron chi connectivity index (χ0n) is 6.82. The van der Waals surface area contributed by atoms with Crippen LogP contribution >= 0.6 is 12.4 Å². The monoisotopic (exact) mass is 202 g/mol. The average Bonchev–Trinajstić information content (AvgIpc) is 2.18. The Bertz CT molecular complexity index is 303. The summed E-state index contributed by atoms with van der Waals surface area (Å²) in [6.07, 6.45) is 0. The van der Waals surface area contributed by atoms with E-state index < -0.39 is 5.97 Å². The van der Waals surface area contributed by atoms with Crippen LogP contribution in [0, 0.1) is 0 Å². The second-order valence-electron chi connectivity index (χ2n) is 2.13. The van der Waals surface area contributed by atoms with Gasteiger partial charge in [-0.2, -0.15) is 0 Å². The molecule has 13 heavy (non-hydrogen) atoms. The van der Waals surface area contributed by atoms with Crippen molar-refractivity contribution in [2.45, 2.75) is 0 Å². The first-order chi connectivity index (χ1) is 6.29. The fraction of sp³-hybridized carbons (Fsp3) is 0.125. The van der Waals surface area contributed by atoms with Crippen molar-refractivity contribution < 1.29 is 17.6 Å². The number of benzene rings is 1. The van der Waals surface area contributed by atoms with E-state index in [-0.39, 0.29) is 23.7 Å². The molecule has 0 atom stereocenters. The molecule has 0 aliphatic rings. The summed E-state index contributed by atoms with van der Waals surface area (Å²) in [6.45, 7) is 0. The highest BCUT2D eigenvalue weighted by Crippen LogP contribution is 2.22. The minimum Gasteiger partial charge on any atom is -0.465 e. The van der Waals surface area contributed by atoms with Crippen molar-refractivity contribution in [3.8, 4) is 5.75 Å². The maximum Gasteiger partial charge on any atom is 0.341 e. The van der Waals surface area contributed by atoms with Crippen LogP contribution in [0.4, 0.5) is 3.89 Å². The van der Waals surface area contributed by atoms with Gasteiger partial charge < -0.3 is 8.92 Å². The molecule has 0 aliphatic carbocycles. The lowest BCUT2D eigenvalue weighted by molar-refractivity contribution is 0.0599. The van der Waals surface area contributed by atoms with Gasteiger partial charge in [0.25, 0.3) is 12.4 Å². The molecule has 0 unspecified atom stereocenters. The van der Waals surface area contributed by atoms with Crippen molar-refractivity contribution in [3.05, 3.63) is 29.8 Å². The SMILES string of the molecule is COC(=O)c1ccccc1OSF. The molecule has 0 saturated heterocycles. The molecule has 0 heterocycles. The first-order valence-electron chi connectivity index (χ1n) is 3.42. The Morgan fingerprint density at radius 2 is 2.15 bits per heavy atom. The topological polar surface area (TPSA) is 35.5 Å². The Morgan fingerprint density at radius 1 is 1.46 bits per heavy atom. The zero-order chi connectivity index (χ0) is 9.68. The first-order valence-corrected chi connectivity index (χ1v) is 4.06. The number of carbonyl (C=O) groups excluding carboxylic acids is 1. The van der Waals surface area contributed by atoms with E-state index in [1.165, 1.54) is 19.2 Å². The lowest BCUT2D eigenvalue weighted by atomic mass is 10.2. The molecule has 1 aromatic carbocycles. The van der Waals surface area contributed by atoms with Crippen LogP contribution in [0.5, 0.6) is 5.75 Å². The quantitative estimate of drug-likeness (QED) is 0.557. The zero-order valence-corrected chi connectivity index (χ0v) is 7.64. The molecule has 0 N–H and O–H groups in total. The molecule has 0 aliphatic heterocycles. The summed E-state index contributed by atoms with van der Waals surface area (Å²) in [5.74, 6) is -0.397. The lowest BCUT2D eigenvalue weighted by Gasteiger charge is -2.04. The van der Waals surface area contributed by atoms with Crippen molar-refractivity contribution >= 4 is 18.4 Å². The second-order valence-corrected chi connectivity index (χ2v) is 2.43. The molecule has 0 bridgehead atoms. The van der Waals surface area contributed by atoms with E-state index in [1.807, 2.05) is 0 Å². The van der Waals surface area contributed by atoms with Crippen LogP contribution in [0.25, 0.3) is 0 Å². The van der Waals surface area contributed by atoms with Gasteiger partial charge in [0.1, 0.15) is 5.56 Å². The van der Waals surface area contributed by atoms with Gasteiger partial charge in [0.15, 0.2) is 5.75 Å². The summed E-state index contributed by atoms with van der Waals surface area (Å²) < 4.78 is 20.8. The average molecular weight is 202 g/mol. The molecule has 0 fully saturated rings. The van der Waals surface area contributed by atoms with E-state index in [4.69, 9.17) is 0 Å². The predicted molar refractivity (Wildman–Crippen MR) is 47.1 cm³/mol. The van der Waals surface area contributed by atoms with Gasteiger partial charge in [-0.25, -0.2) is 4.79 Å². The summed E-state index contributed by atoms with van der Waals surface area (Å²) in [5.41, 5.74) is 0.204. The third kappa shape index (κ3) is 2.35. The standard InChI is InChI=1S/C8H7FO3S/c1-11-8(10)6-4-2-3-5-7(6)12-13-9/h2-5H,1H3. The molecular formula is C8H7FO3S. The van der Waals surface area contributed by atoms with E-state index >= 15 is 0 Å². The number of carbonyl (C=O) groups is 1. The third-order valence-electron chi connectivity index (χ3n) is 1.41. The normalized spacial score (nSPS) is 9.38. The molecule has 5 heteroatoms. The minimum absolute atomic E-state index is 0.154. The van der Waals surface area contributed by atoms with Crippen molar-refractivity contribution in [2.75, 3.05) is 7.11 Å². The van der Waals surface area contributed by atoms with Crippen molar-refractivity contribution in [1.82, 2.24) is 0 Å². The van der Waals surface area contributed by atoms with E-state index in [0.717, 1.165) is 0 Å². The van der Waals surface area contributed by atoms with Gasteiger partial charge in [-0.3, -0.25) is 0 Å². The number of methoxy groups -OCH3 is 1. The molecular weight excluding hydrogens is 195 g/mol. The Kier molecular flexibility index (Phi) is 3.57. The van der Waals surface area contributed by atoms with Gasteiger partial charge in [-0.1, -0.05) is 12.1 Å². The summed E-state index contributed by atoms with van der Waals surface area (Å²) in [6, 6.07) is 6.26. The maximum absolute atomic E-state index is 11.8. The van der Waals surface area contributed by atoms with E-state index in [2.05, 4.69) is 8.92 Å². The van der Waals surface area contributed by atoms with E-state index in [1.54, 1.807) is 12.1 Å². The minimum atomic E-state index is -0.551. The van der Waals surface area contributed by atoms with Gasteiger partial charge >= 0.3 is 5.97 Å². The molecule has 70 valence electrons. The van der Waals surface area contributed by atoms with Crippen LogP contribution in [0.1, 0.15) is 10.4 Å². The van der Waals surface area contributed by atoms with Crippen LogP contribution in [0.15, 0.2) is 24.3 Å². The molecule has 0 amide bonds. The molecule has 1 aromatic rings. The van der Waals surface area contributed by atoms with Crippen molar-refractivity contribution in [2.24, 2.45) is 0 Å². The van der Waals surface area contributed by atoms with Crippen LogP contribution in [-0.2, 0) is 4.74 Å². The maximum atomic E-state index is 11.8. The van der Waals surface area contributed by atoms with Gasteiger partial charge in [-0.15, -0.1) is 3.89 Å². The number of esters is 1. The molecule has 1 rings (SSSR count). The largest absolute Gasteiger partial charge is 0.465 e. The highest BCUT2D eigenvalue weighted by atomic mass is 32.2. The van der Waals surface area contributed by atoms with Gasteiger partial charge in [0, 0.05) is 0 Å². The highest BCUT2D eigenvalue weighted by Gasteiger charge is 2.12. The number of ether oxygens (including phenoxy) is 1. The number of rotatable bonds is 3. The first kappa shape index (κ1) is 9.85. The van der Waals surface area contributed by atoms with Gasteiger partial charge in [0.2, 0.25) is 0 Å². The third-order valence-corrected chi connectivity index (χ3v) is 1.66.